The average molecular weight is 404 g/mol. The van der Waals surface area contributed by atoms with Crippen LogP contribution in [0.4, 0.5) is 5.69 Å². The molecule has 2 atom stereocenters. The highest BCUT2D eigenvalue weighted by atomic mass is 35.5. The van der Waals surface area contributed by atoms with Crippen LogP contribution < -0.4 is 16.4 Å². The van der Waals surface area contributed by atoms with E-state index >= 15 is 0 Å². The summed E-state index contributed by atoms with van der Waals surface area (Å²) in [5, 5.41) is 5.71. The van der Waals surface area contributed by atoms with Gasteiger partial charge in [-0.2, -0.15) is 0 Å². The standard InChI is InChI=1S/C21H25N3O3.ClH/c1-14-6-8-15(9-7-14)13-23-20(25)17-4-2-3-5-18(17)24-21(26)19-11-10-16(12-22)27-19;/h2-9,16,19H,10-13,22H2,1H3,(H,23,25)(H,24,26);1H/t16-,19+;/m1./s1. The molecule has 0 unspecified atom stereocenters. The number of rotatable bonds is 6. The zero-order valence-electron chi connectivity index (χ0n) is 15.8. The van der Waals surface area contributed by atoms with Crippen LogP contribution in [0.2, 0.25) is 0 Å². The minimum atomic E-state index is -0.526. The third-order valence-electron chi connectivity index (χ3n) is 4.67. The summed E-state index contributed by atoms with van der Waals surface area (Å²) in [4.78, 5) is 25.1. The van der Waals surface area contributed by atoms with Gasteiger partial charge in [-0.1, -0.05) is 42.0 Å². The smallest absolute Gasteiger partial charge is 0.253 e. The van der Waals surface area contributed by atoms with E-state index in [1.165, 1.54) is 5.56 Å². The Balaban J connectivity index is 0.00000280. The summed E-state index contributed by atoms with van der Waals surface area (Å²) in [6.07, 6.45) is 0.805. The quantitative estimate of drug-likeness (QED) is 0.691. The lowest BCUT2D eigenvalue weighted by molar-refractivity contribution is -0.126. The molecule has 1 fully saturated rings. The average Bonchev–Trinajstić information content (AvgIpc) is 3.17. The molecular formula is C21H26ClN3O3. The lowest BCUT2D eigenvalue weighted by Crippen LogP contribution is -2.31. The van der Waals surface area contributed by atoms with Gasteiger partial charge in [-0.15, -0.1) is 12.4 Å². The van der Waals surface area contributed by atoms with Crippen LogP contribution in [0.25, 0.3) is 0 Å². The zero-order valence-corrected chi connectivity index (χ0v) is 16.6. The molecule has 2 aromatic rings. The van der Waals surface area contributed by atoms with Gasteiger partial charge < -0.3 is 21.1 Å². The van der Waals surface area contributed by atoms with Gasteiger partial charge in [0.15, 0.2) is 0 Å². The van der Waals surface area contributed by atoms with E-state index in [2.05, 4.69) is 10.6 Å². The van der Waals surface area contributed by atoms with Crippen molar-refractivity contribution in [3.8, 4) is 0 Å². The minimum Gasteiger partial charge on any atom is -0.364 e. The molecule has 28 heavy (non-hydrogen) atoms. The number of amides is 2. The van der Waals surface area contributed by atoms with Crippen molar-refractivity contribution in [1.29, 1.82) is 0 Å². The van der Waals surface area contributed by atoms with Gasteiger partial charge in [0.1, 0.15) is 6.10 Å². The summed E-state index contributed by atoms with van der Waals surface area (Å²) >= 11 is 0. The number of halogens is 1. The molecule has 2 aromatic carbocycles. The Labute approximate surface area is 171 Å². The van der Waals surface area contributed by atoms with Crippen LogP contribution in [-0.4, -0.2) is 30.6 Å². The van der Waals surface area contributed by atoms with E-state index in [4.69, 9.17) is 10.5 Å². The highest BCUT2D eigenvalue weighted by Crippen LogP contribution is 2.22. The van der Waals surface area contributed by atoms with Gasteiger partial charge >= 0.3 is 0 Å². The van der Waals surface area contributed by atoms with Crippen molar-refractivity contribution in [2.75, 3.05) is 11.9 Å². The Morgan fingerprint density at radius 1 is 1.11 bits per heavy atom. The predicted octanol–water partition coefficient (Wildman–Crippen LogP) is 2.79. The number of benzene rings is 2. The maximum atomic E-state index is 12.6. The van der Waals surface area contributed by atoms with Crippen LogP contribution in [-0.2, 0) is 16.1 Å². The van der Waals surface area contributed by atoms with Crippen molar-refractivity contribution in [1.82, 2.24) is 5.32 Å². The summed E-state index contributed by atoms with van der Waals surface area (Å²) in [6, 6.07) is 14.9. The van der Waals surface area contributed by atoms with Gasteiger partial charge in [0, 0.05) is 13.1 Å². The van der Waals surface area contributed by atoms with Gasteiger partial charge in [0.2, 0.25) is 0 Å². The molecule has 2 amide bonds. The Morgan fingerprint density at radius 2 is 1.82 bits per heavy atom. The largest absolute Gasteiger partial charge is 0.364 e. The number of aryl methyl sites for hydroxylation is 1. The van der Waals surface area contributed by atoms with Gasteiger partial charge in [-0.3, -0.25) is 9.59 Å². The molecule has 0 bridgehead atoms. The van der Waals surface area contributed by atoms with Crippen LogP contribution in [0.1, 0.15) is 34.3 Å². The van der Waals surface area contributed by atoms with E-state index in [1.807, 2.05) is 31.2 Å². The Morgan fingerprint density at radius 3 is 2.50 bits per heavy atom. The molecule has 1 heterocycles. The number of para-hydroxylation sites is 1. The van der Waals surface area contributed by atoms with E-state index in [9.17, 15) is 9.59 Å². The summed E-state index contributed by atoms with van der Waals surface area (Å²) in [6.45, 7) is 2.85. The third kappa shape index (κ3) is 5.55. The van der Waals surface area contributed by atoms with Crippen molar-refractivity contribution in [3.05, 3.63) is 65.2 Å². The van der Waals surface area contributed by atoms with Crippen molar-refractivity contribution in [3.63, 3.8) is 0 Å². The summed E-state index contributed by atoms with van der Waals surface area (Å²) in [5.74, 6) is -0.483. The molecule has 0 spiro atoms. The second-order valence-corrected chi connectivity index (χ2v) is 6.76. The highest BCUT2D eigenvalue weighted by Gasteiger charge is 2.30. The van der Waals surface area contributed by atoms with Crippen LogP contribution in [0.15, 0.2) is 48.5 Å². The highest BCUT2D eigenvalue weighted by molar-refractivity contribution is 6.04. The number of anilines is 1. The number of nitrogens with two attached hydrogens (primary N) is 1. The van der Waals surface area contributed by atoms with Crippen molar-refractivity contribution >= 4 is 29.9 Å². The molecule has 6 nitrogen and oxygen atoms in total. The van der Waals surface area contributed by atoms with Crippen LogP contribution in [0.5, 0.6) is 0 Å². The molecule has 0 saturated carbocycles. The van der Waals surface area contributed by atoms with Crippen molar-refractivity contribution in [2.24, 2.45) is 5.73 Å². The first kappa shape index (κ1) is 21.9. The molecule has 7 heteroatoms. The number of hydrogen-bond acceptors (Lipinski definition) is 4. The fourth-order valence-electron chi connectivity index (χ4n) is 3.06. The first-order valence-corrected chi connectivity index (χ1v) is 9.16. The molecule has 1 aliphatic heterocycles. The normalized spacial score (nSPS) is 18.2. The van der Waals surface area contributed by atoms with Gasteiger partial charge in [-0.05, 0) is 37.5 Å². The number of carbonyl (C=O) groups excluding carboxylic acids is 2. The fourth-order valence-corrected chi connectivity index (χ4v) is 3.06. The predicted molar refractivity (Wildman–Crippen MR) is 112 cm³/mol. The second-order valence-electron chi connectivity index (χ2n) is 6.76. The van der Waals surface area contributed by atoms with E-state index < -0.39 is 6.10 Å². The molecule has 1 aliphatic rings. The summed E-state index contributed by atoms with van der Waals surface area (Å²) in [5.41, 5.74) is 8.68. The summed E-state index contributed by atoms with van der Waals surface area (Å²) in [7, 11) is 0. The molecular weight excluding hydrogens is 378 g/mol. The lowest BCUT2D eigenvalue weighted by atomic mass is 10.1. The number of ether oxygens (including phenoxy) is 1. The fraction of sp³-hybridized carbons (Fsp3) is 0.333. The molecule has 3 rings (SSSR count). The van der Waals surface area contributed by atoms with Crippen molar-refractivity contribution in [2.45, 2.75) is 38.5 Å². The number of hydrogen-bond donors (Lipinski definition) is 3. The van der Waals surface area contributed by atoms with E-state index in [1.54, 1.807) is 24.3 Å². The maximum absolute atomic E-state index is 12.6. The molecule has 1 saturated heterocycles. The van der Waals surface area contributed by atoms with Crippen molar-refractivity contribution < 1.29 is 14.3 Å². The van der Waals surface area contributed by atoms with Crippen LogP contribution in [0.3, 0.4) is 0 Å². The minimum absolute atomic E-state index is 0. The Kier molecular flexibility index (Phi) is 7.99. The third-order valence-corrected chi connectivity index (χ3v) is 4.67. The first-order chi connectivity index (χ1) is 13.1. The van der Waals surface area contributed by atoms with Crippen LogP contribution >= 0.6 is 12.4 Å². The van der Waals surface area contributed by atoms with Crippen LogP contribution in [0, 0.1) is 6.92 Å². The van der Waals surface area contributed by atoms with E-state index in [0.717, 1.165) is 12.0 Å². The summed E-state index contributed by atoms with van der Waals surface area (Å²) < 4.78 is 5.62. The number of carbonyl (C=O) groups is 2. The monoisotopic (exact) mass is 403 g/mol. The Bertz CT molecular complexity index is 811. The Hall–Kier alpha value is -2.41. The lowest BCUT2D eigenvalue weighted by Gasteiger charge is -2.15. The van der Waals surface area contributed by atoms with Gasteiger partial charge in [-0.25, -0.2) is 0 Å². The maximum Gasteiger partial charge on any atom is 0.253 e. The number of nitrogens with one attached hydrogen (secondary N) is 2. The molecule has 0 radical (unpaired) electrons. The molecule has 4 N–H and O–H groups in total. The molecule has 150 valence electrons. The second kappa shape index (κ2) is 10.2. The molecule has 0 aliphatic carbocycles. The molecule has 0 aromatic heterocycles. The van der Waals surface area contributed by atoms with E-state index in [0.29, 0.717) is 30.8 Å². The van der Waals surface area contributed by atoms with Gasteiger partial charge in [0.25, 0.3) is 11.8 Å². The topological polar surface area (TPSA) is 93.5 Å². The SMILES string of the molecule is Cc1ccc(CNC(=O)c2ccccc2NC(=O)[C@@H]2CC[C@H](CN)O2)cc1.Cl. The van der Waals surface area contributed by atoms with E-state index in [-0.39, 0.29) is 30.3 Å². The van der Waals surface area contributed by atoms with Gasteiger partial charge in [0.05, 0.1) is 17.4 Å². The zero-order chi connectivity index (χ0) is 19.2. The first-order valence-electron chi connectivity index (χ1n) is 9.16.